The van der Waals surface area contributed by atoms with E-state index in [-0.39, 0.29) is 36.5 Å². The molecule has 1 aromatic carbocycles. The molecule has 1 amide bonds. The predicted molar refractivity (Wildman–Crippen MR) is 150 cm³/mol. The van der Waals surface area contributed by atoms with Crippen molar-refractivity contribution in [3.05, 3.63) is 47.4 Å². The summed E-state index contributed by atoms with van der Waals surface area (Å²) in [6.45, 7) is 11.7. The van der Waals surface area contributed by atoms with Crippen molar-refractivity contribution in [3.8, 4) is 5.75 Å². The topological polar surface area (TPSA) is 94.1 Å². The summed E-state index contributed by atoms with van der Waals surface area (Å²) in [5.41, 5.74) is 2.07. The van der Waals surface area contributed by atoms with Crippen molar-refractivity contribution >= 4 is 11.7 Å². The number of carbonyl (C=O) groups excluding carboxylic acids is 1. The Balaban J connectivity index is 1.33. The van der Waals surface area contributed by atoms with Crippen molar-refractivity contribution in [1.82, 2.24) is 25.1 Å². The lowest BCUT2D eigenvalue weighted by atomic mass is 9.96. The number of alkyl halides is 2. The molecule has 2 aliphatic rings. The van der Waals surface area contributed by atoms with Gasteiger partial charge < -0.3 is 20.1 Å². The van der Waals surface area contributed by atoms with Gasteiger partial charge in [0.15, 0.2) is 0 Å². The highest BCUT2D eigenvalue weighted by molar-refractivity contribution is 5.92. The van der Waals surface area contributed by atoms with Gasteiger partial charge in [-0.15, -0.1) is 0 Å². The Hall–Kier alpha value is -2.89. The molecule has 11 heteroatoms. The number of halogens is 2. The Labute approximate surface area is 235 Å². The van der Waals surface area contributed by atoms with E-state index >= 15 is 0 Å². The number of likely N-dealkylation sites (tertiary alicyclic amines) is 1. The van der Waals surface area contributed by atoms with Crippen molar-refractivity contribution < 1.29 is 23.4 Å². The SMILES string of the molecule is CC[C@H]1CN(c2ncc(C(=O)NCCO)nc2C)[C@H](C)CN1C1CCN(Cc2ccc(OC(C)(F)F)cc2)CC1. The van der Waals surface area contributed by atoms with Crippen molar-refractivity contribution in [2.75, 3.05) is 44.2 Å². The molecule has 0 radical (unpaired) electrons. The zero-order valence-corrected chi connectivity index (χ0v) is 23.9. The summed E-state index contributed by atoms with van der Waals surface area (Å²) in [5.74, 6) is 0.659. The Morgan fingerprint density at radius 2 is 1.90 bits per heavy atom. The van der Waals surface area contributed by atoms with Crippen LogP contribution in [0.3, 0.4) is 0 Å². The Bertz CT molecular complexity index is 1120. The molecular weight excluding hydrogens is 518 g/mol. The first-order valence-corrected chi connectivity index (χ1v) is 14.2. The Morgan fingerprint density at radius 3 is 2.50 bits per heavy atom. The normalized spacial score (nSPS) is 21.4. The number of aromatic nitrogens is 2. The molecule has 2 aromatic rings. The first-order chi connectivity index (χ1) is 19.1. The number of rotatable bonds is 10. The number of amides is 1. The molecule has 0 saturated carbocycles. The van der Waals surface area contributed by atoms with Gasteiger partial charge in [-0.05, 0) is 63.9 Å². The lowest BCUT2D eigenvalue weighted by Gasteiger charge is -2.50. The van der Waals surface area contributed by atoms with E-state index in [1.54, 1.807) is 12.1 Å². The Morgan fingerprint density at radius 1 is 1.20 bits per heavy atom. The second-order valence-electron chi connectivity index (χ2n) is 11.0. The van der Waals surface area contributed by atoms with E-state index in [2.05, 4.69) is 48.6 Å². The molecule has 0 unspecified atom stereocenters. The standard InChI is InChI=1S/C29H42F2N6O3/c1-5-23-19-36(27-21(3)34-26(16-33-27)28(39)32-12-15-38)20(2)17-37(23)24-10-13-35(14-11-24)18-22-6-8-25(9-7-22)40-29(4,30)31/h6-9,16,20,23-24,38H,5,10-15,17-19H2,1-4H3,(H,32,39)/t20-,23+/m1/s1. The summed E-state index contributed by atoms with van der Waals surface area (Å²) >= 11 is 0. The number of nitrogens with zero attached hydrogens (tertiary/aromatic N) is 5. The van der Waals surface area contributed by atoms with E-state index in [0.29, 0.717) is 12.1 Å². The summed E-state index contributed by atoms with van der Waals surface area (Å²) in [6.07, 6.45) is 1.54. The van der Waals surface area contributed by atoms with Crippen LogP contribution in [0.2, 0.25) is 0 Å². The smallest absolute Gasteiger partial charge is 0.394 e. The van der Waals surface area contributed by atoms with Gasteiger partial charge >= 0.3 is 6.11 Å². The molecule has 2 N–H and O–H groups in total. The minimum atomic E-state index is -3.18. The van der Waals surface area contributed by atoms with Crippen LogP contribution >= 0.6 is 0 Å². The predicted octanol–water partition coefficient (Wildman–Crippen LogP) is 3.45. The van der Waals surface area contributed by atoms with Gasteiger partial charge in [0.25, 0.3) is 5.91 Å². The average molecular weight is 561 g/mol. The van der Waals surface area contributed by atoms with Crippen LogP contribution < -0.4 is 15.0 Å². The number of piperazine rings is 1. The highest BCUT2D eigenvalue weighted by atomic mass is 19.3. The molecule has 3 heterocycles. The largest absolute Gasteiger partial charge is 0.433 e. The maximum Gasteiger partial charge on any atom is 0.394 e. The third-order valence-electron chi connectivity index (χ3n) is 7.83. The second kappa shape index (κ2) is 13.2. The van der Waals surface area contributed by atoms with Crippen molar-refractivity contribution in [3.63, 3.8) is 0 Å². The van der Waals surface area contributed by atoms with Crippen molar-refractivity contribution in [2.45, 2.75) is 77.7 Å². The van der Waals surface area contributed by atoms with E-state index in [1.165, 1.54) is 6.20 Å². The number of nitrogens with one attached hydrogen (secondary N) is 1. The molecular formula is C29H42F2N6O3. The molecule has 0 bridgehead atoms. The fraction of sp³-hybridized carbons (Fsp3) is 0.621. The first kappa shape index (κ1) is 30.1. The van der Waals surface area contributed by atoms with Crippen molar-refractivity contribution in [2.24, 2.45) is 0 Å². The molecule has 0 aliphatic carbocycles. The van der Waals surface area contributed by atoms with E-state index in [0.717, 1.165) is 76.0 Å². The molecule has 2 aliphatic heterocycles. The molecule has 2 fully saturated rings. The Kier molecular flexibility index (Phi) is 9.91. The number of hydrogen-bond donors (Lipinski definition) is 2. The summed E-state index contributed by atoms with van der Waals surface area (Å²) in [6, 6.07) is 8.10. The average Bonchev–Trinajstić information content (AvgIpc) is 2.92. The molecule has 1 aromatic heterocycles. The third kappa shape index (κ3) is 7.64. The fourth-order valence-corrected chi connectivity index (χ4v) is 5.83. The van der Waals surface area contributed by atoms with Crippen LogP contribution in [0.25, 0.3) is 0 Å². The molecule has 2 saturated heterocycles. The number of benzene rings is 1. The number of carbonyl (C=O) groups is 1. The molecule has 9 nitrogen and oxygen atoms in total. The van der Waals surface area contributed by atoms with Gasteiger partial charge in [-0.3, -0.25) is 14.6 Å². The van der Waals surface area contributed by atoms with E-state index in [9.17, 15) is 13.6 Å². The van der Waals surface area contributed by atoms with E-state index in [1.807, 2.05) is 19.1 Å². The van der Waals surface area contributed by atoms with Crippen LogP contribution in [0.5, 0.6) is 5.75 Å². The van der Waals surface area contributed by atoms with Crippen LogP contribution in [-0.2, 0) is 6.54 Å². The van der Waals surface area contributed by atoms with Gasteiger partial charge in [-0.25, -0.2) is 9.97 Å². The van der Waals surface area contributed by atoms with Gasteiger partial charge in [-0.2, -0.15) is 8.78 Å². The minimum Gasteiger partial charge on any atom is -0.433 e. The van der Waals surface area contributed by atoms with Gasteiger partial charge in [0.05, 0.1) is 18.5 Å². The van der Waals surface area contributed by atoms with Gasteiger partial charge in [0, 0.05) is 51.2 Å². The summed E-state index contributed by atoms with van der Waals surface area (Å²) in [5, 5.41) is 11.6. The van der Waals surface area contributed by atoms with Gasteiger partial charge in [0.1, 0.15) is 17.3 Å². The molecule has 4 rings (SSSR count). The summed E-state index contributed by atoms with van der Waals surface area (Å²) in [7, 11) is 0. The molecule has 2 atom stereocenters. The summed E-state index contributed by atoms with van der Waals surface area (Å²) < 4.78 is 30.8. The number of aryl methyl sites for hydroxylation is 1. The van der Waals surface area contributed by atoms with Gasteiger partial charge in [0.2, 0.25) is 0 Å². The van der Waals surface area contributed by atoms with E-state index in [4.69, 9.17) is 5.11 Å². The first-order valence-electron chi connectivity index (χ1n) is 14.2. The number of aliphatic hydroxyl groups excluding tert-OH is 1. The fourth-order valence-electron chi connectivity index (χ4n) is 5.83. The number of anilines is 1. The second-order valence-corrected chi connectivity index (χ2v) is 11.0. The van der Waals surface area contributed by atoms with Crippen LogP contribution in [-0.4, -0.2) is 94.3 Å². The zero-order chi connectivity index (χ0) is 28.9. The van der Waals surface area contributed by atoms with Crippen LogP contribution in [0.4, 0.5) is 14.6 Å². The zero-order valence-electron chi connectivity index (χ0n) is 23.9. The monoisotopic (exact) mass is 560 g/mol. The maximum atomic E-state index is 13.1. The number of ether oxygens (including phenoxy) is 1. The molecule has 220 valence electrons. The molecule has 40 heavy (non-hydrogen) atoms. The van der Waals surface area contributed by atoms with Crippen molar-refractivity contribution in [1.29, 1.82) is 0 Å². The lowest BCUT2D eigenvalue weighted by molar-refractivity contribution is -0.158. The van der Waals surface area contributed by atoms with Crippen LogP contribution in [0.1, 0.15) is 61.8 Å². The van der Waals surface area contributed by atoms with Crippen LogP contribution in [0.15, 0.2) is 30.5 Å². The highest BCUT2D eigenvalue weighted by Gasteiger charge is 2.37. The summed E-state index contributed by atoms with van der Waals surface area (Å²) in [4.78, 5) is 28.8. The van der Waals surface area contributed by atoms with Gasteiger partial charge in [-0.1, -0.05) is 19.1 Å². The molecule has 0 spiro atoms. The highest BCUT2D eigenvalue weighted by Crippen LogP contribution is 2.30. The van der Waals surface area contributed by atoms with Crippen LogP contribution in [0, 0.1) is 6.92 Å². The van der Waals surface area contributed by atoms with E-state index < -0.39 is 6.11 Å². The maximum absolute atomic E-state index is 13.1. The number of aliphatic hydroxyl groups is 1. The number of hydrogen-bond acceptors (Lipinski definition) is 8. The lowest BCUT2D eigenvalue weighted by Crippen LogP contribution is -2.61. The quantitative estimate of drug-likeness (QED) is 0.457. The minimum absolute atomic E-state index is 0.121. The third-order valence-corrected chi connectivity index (χ3v) is 7.83. The number of piperidine rings is 1.